The van der Waals surface area contributed by atoms with E-state index in [1.54, 1.807) is 11.3 Å². The van der Waals surface area contributed by atoms with Gasteiger partial charge in [-0.25, -0.2) is 9.97 Å². The number of nitrogens with one attached hydrogen (secondary N) is 1. The lowest BCUT2D eigenvalue weighted by molar-refractivity contribution is 0.131. The Morgan fingerprint density at radius 3 is 2.90 bits per heavy atom. The second-order valence-corrected chi connectivity index (χ2v) is 6.24. The Bertz CT molecular complexity index is 559. The van der Waals surface area contributed by atoms with Crippen molar-refractivity contribution in [2.45, 2.75) is 33.1 Å². The average molecular weight is 314 g/mol. The Kier molecular flexibility index (Phi) is 6.01. The summed E-state index contributed by atoms with van der Waals surface area (Å²) >= 11 is 7.58. The molecule has 110 valence electrons. The molecule has 2 aromatic rings. The molecule has 2 rings (SSSR count). The maximum absolute atomic E-state index is 5.95. The zero-order chi connectivity index (χ0) is 14.4. The van der Waals surface area contributed by atoms with Gasteiger partial charge in [-0.1, -0.05) is 13.3 Å². The number of hydrogen-bond acceptors (Lipinski definition) is 5. The van der Waals surface area contributed by atoms with Gasteiger partial charge in [-0.3, -0.25) is 0 Å². The van der Waals surface area contributed by atoms with Crippen molar-refractivity contribution in [2.24, 2.45) is 0 Å². The van der Waals surface area contributed by atoms with Crippen LogP contribution in [0.5, 0.6) is 0 Å². The number of thiophene rings is 1. The van der Waals surface area contributed by atoms with E-state index in [4.69, 9.17) is 16.3 Å². The monoisotopic (exact) mass is 313 g/mol. The smallest absolute Gasteiger partial charge is 0.225 e. The van der Waals surface area contributed by atoms with Crippen LogP contribution in [0.25, 0.3) is 10.2 Å². The van der Waals surface area contributed by atoms with E-state index in [-0.39, 0.29) is 0 Å². The molecule has 2 aromatic heterocycles. The minimum atomic E-state index is 0.293. The molecule has 0 radical (unpaired) electrons. The summed E-state index contributed by atoms with van der Waals surface area (Å²) in [4.78, 5) is 10.7. The molecule has 0 aromatic carbocycles. The largest absolute Gasteiger partial charge is 0.381 e. The number of rotatable bonds is 8. The summed E-state index contributed by atoms with van der Waals surface area (Å²) in [6, 6.07) is 2.09. The summed E-state index contributed by atoms with van der Waals surface area (Å²) in [5, 5.41) is 4.66. The first-order valence-electron chi connectivity index (χ1n) is 6.96. The van der Waals surface area contributed by atoms with Crippen LogP contribution in [0.15, 0.2) is 6.07 Å². The van der Waals surface area contributed by atoms with Crippen LogP contribution in [0, 0.1) is 6.92 Å². The summed E-state index contributed by atoms with van der Waals surface area (Å²) in [6.07, 6.45) is 3.26. The highest BCUT2D eigenvalue weighted by molar-refractivity contribution is 7.18. The molecule has 0 saturated carbocycles. The van der Waals surface area contributed by atoms with Crippen LogP contribution in [-0.4, -0.2) is 29.7 Å². The number of nitrogens with zero attached hydrogens (tertiary/aromatic N) is 2. The minimum Gasteiger partial charge on any atom is -0.381 e. The van der Waals surface area contributed by atoms with E-state index in [9.17, 15) is 0 Å². The number of fused-ring (bicyclic) bond motifs is 1. The molecule has 6 heteroatoms. The number of hydrogen-bond donors (Lipinski definition) is 1. The van der Waals surface area contributed by atoms with Gasteiger partial charge in [0.1, 0.15) is 10.6 Å². The van der Waals surface area contributed by atoms with Gasteiger partial charge in [0.25, 0.3) is 0 Å². The van der Waals surface area contributed by atoms with Crippen LogP contribution in [0.1, 0.15) is 31.1 Å². The van der Waals surface area contributed by atoms with Crippen LogP contribution in [0.3, 0.4) is 0 Å². The predicted octanol–water partition coefficient (Wildman–Crippen LogP) is 4.27. The quantitative estimate of drug-likeness (QED) is 0.584. The summed E-state index contributed by atoms with van der Waals surface area (Å²) in [6.45, 7) is 6.67. The molecule has 4 nitrogen and oxygen atoms in total. The van der Waals surface area contributed by atoms with Crippen molar-refractivity contribution in [3.8, 4) is 0 Å². The fraction of sp³-hybridized carbons (Fsp3) is 0.571. The topological polar surface area (TPSA) is 47.0 Å². The Labute approximate surface area is 128 Å². The summed E-state index contributed by atoms with van der Waals surface area (Å²) in [7, 11) is 0. The molecule has 0 atom stereocenters. The first kappa shape index (κ1) is 15.5. The van der Waals surface area contributed by atoms with Gasteiger partial charge in [0.2, 0.25) is 5.28 Å². The molecular weight excluding hydrogens is 294 g/mol. The van der Waals surface area contributed by atoms with Crippen molar-refractivity contribution < 1.29 is 4.74 Å². The number of halogens is 1. The molecule has 0 aliphatic heterocycles. The van der Waals surface area contributed by atoms with Crippen molar-refractivity contribution in [1.82, 2.24) is 9.97 Å². The number of ether oxygens (including phenoxy) is 1. The van der Waals surface area contributed by atoms with Crippen LogP contribution < -0.4 is 5.32 Å². The SMILES string of the molecule is CCCCOCCCNc1nc(Cl)nc2sc(C)cc12. The first-order valence-corrected chi connectivity index (χ1v) is 8.15. The molecule has 0 unspecified atom stereocenters. The van der Waals surface area contributed by atoms with Crippen molar-refractivity contribution in [1.29, 1.82) is 0 Å². The van der Waals surface area contributed by atoms with Gasteiger partial charge >= 0.3 is 0 Å². The summed E-state index contributed by atoms with van der Waals surface area (Å²) in [5.41, 5.74) is 0. The molecule has 2 heterocycles. The Morgan fingerprint density at radius 1 is 1.30 bits per heavy atom. The second kappa shape index (κ2) is 7.76. The highest BCUT2D eigenvalue weighted by atomic mass is 35.5. The average Bonchev–Trinajstić information content (AvgIpc) is 2.77. The van der Waals surface area contributed by atoms with Gasteiger partial charge in [-0.05, 0) is 37.4 Å². The van der Waals surface area contributed by atoms with Gasteiger partial charge in [-0.15, -0.1) is 11.3 Å². The van der Waals surface area contributed by atoms with E-state index >= 15 is 0 Å². The lowest BCUT2D eigenvalue weighted by Crippen LogP contribution is -2.08. The highest BCUT2D eigenvalue weighted by Crippen LogP contribution is 2.29. The van der Waals surface area contributed by atoms with Crippen LogP contribution in [0.4, 0.5) is 5.82 Å². The van der Waals surface area contributed by atoms with Gasteiger partial charge in [0.15, 0.2) is 0 Å². The Morgan fingerprint density at radius 2 is 2.10 bits per heavy atom. The van der Waals surface area contributed by atoms with Gasteiger partial charge in [0, 0.05) is 24.6 Å². The molecule has 0 bridgehead atoms. The summed E-state index contributed by atoms with van der Waals surface area (Å²) < 4.78 is 5.53. The second-order valence-electron chi connectivity index (χ2n) is 4.66. The van der Waals surface area contributed by atoms with Gasteiger partial charge in [-0.2, -0.15) is 0 Å². The standard InChI is InChI=1S/C14H20ClN3OS/c1-3-4-7-19-8-5-6-16-12-11-9-10(2)20-13(11)18-14(15)17-12/h9H,3-8H2,1-2H3,(H,16,17,18). The third kappa shape index (κ3) is 4.30. The van der Waals surface area contributed by atoms with E-state index < -0.39 is 0 Å². The van der Waals surface area contributed by atoms with Crippen molar-refractivity contribution in [3.05, 3.63) is 16.2 Å². The fourth-order valence-electron chi connectivity index (χ4n) is 1.88. The van der Waals surface area contributed by atoms with Gasteiger partial charge in [0.05, 0.1) is 5.39 Å². The molecule has 0 amide bonds. The normalized spacial score (nSPS) is 11.2. The maximum atomic E-state index is 5.95. The third-order valence-corrected chi connectivity index (χ3v) is 4.00. The number of unbranched alkanes of at least 4 members (excludes halogenated alkanes) is 1. The van der Waals surface area contributed by atoms with E-state index in [2.05, 4.69) is 35.2 Å². The van der Waals surface area contributed by atoms with E-state index in [0.717, 1.165) is 48.6 Å². The van der Waals surface area contributed by atoms with Crippen LogP contribution in [-0.2, 0) is 4.74 Å². The van der Waals surface area contributed by atoms with Crippen LogP contribution in [0.2, 0.25) is 5.28 Å². The van der Waals surface area contributed by atoms with Gasteiger partial charge < -0.3 is 10.1 Å². The molecule has 0 aliphatic rings. The number of aryl methyl sites for hydroxylation is 1. The molecule has 0 aliphatic carbocycles. The van der Waals surface area contributed by atoms with Crippen molar-refractivity contribution in [3.63, 3.8) is 0 Å². The van der Waals surface area contributed by atoms with Crippen molar-refractivity contribution in [2.75, 3.05) is 25.1 Å². The molecule has 1 N–H and O–H groups in total. The van der Waals surface area contributed by atoms with Crippen LogP contribution >= 0.6 is 22.9 Å². The Balaban J connectivity index is 1.86. The van der Waals surface area contributed by atoms with E-state index in [1.165, 1.54) is 11.3 Å². The molecule has 0 saturated heterocycles. The fourth-order valence-corrected chi connectivity index (χ4v) is 2.98. The lowest BCUT2D eigenvalue weighted by atomic mass is 10.3. The first-order chi connectivity index (χ1) is 9.70. The molecule has 20 heavy (non-hydrogen) atoms. The zero-order valence-corrected chi connectivity index (χ0v) is 13.5. The molecule has 0 spiro atoms. The molecule has 0 fully saturated rings. The van der Waals surface area contributed by atoms with E-state index in [1.807, 2.05) is 0 Å². The number of anilines is 1. The predicted molar refractivity (Wildman–Crippen MR) is 86.0 cm³/mol. The maximum Gasteiger partial charge on any atom is 0.225 e. The highest BCUT2D eigenvalue weighted by Gasteiger charge is 2.09. The molecular formula is C14H20ClN3OS. The minimum absolute atomic E-state index is 0.293. The lowest BCUT2D eigenvalue weighted by Gasteiger charge is -2.07. The van der Waals surface area contributed by atoms with E-state index in [0.29, 0.717) is 5.28 Å². The van der Waals surface area contributed by atoms with Crippen molar-refractivity contribution >= 4 is 39.0 Å². The summed E-state index contributed by atoms with van der Waals surface area (Å²) in [5.74, 6) is 0.818. The Hall–Kier alpha value is -0.910. The third-order valence-electron chi connectivity index (χ3n) is 2.89. The zero-order valence-electron chi connectivity index (χ0n) is 11.9. The number of aromatic nitrogens is 2.